The second-order valence-electron chi connectivity index (χ2n) is 10.8. The number of nitrogens with zero attached hydrogens (tertiary/aromatic N) is 5. The summed E-state index contributed by atoms with van der Waals surface area (Å²) in [5.41, 5.74) is 0.334. The topological polar surface area (TPSA) is 127 Å². The lowest BCUT2D eigenvalue weighted by atomic mass is 10.1. The quantitative estimate of drug-likeness (QED) is 0.173. The van der Waals surface area contributed by atoms with Gasteiger partial charge in [-0.2, -0.15) is 18.2 Å². The third-order valence-corrected chi connectivity index (χ3v) is 7.73. The molecule has 1 saturated carbocycles. The van der Waals surface area contributed by atoms with Gasteiger partial charge in [0.15, 0.2) is 17.6 Å². The number of hydrogen-bond donors (Lipinski definition) is 3. The van der Waals surface area contributed by atoms with Crippen LogP contribution in [0.15, 0.2) is 78.4 Å². The van der Waals surface area contributed by atoms with Crippen LogP contribution in [-0.4, -0.2) is 61.0 Å². The lowest BCUT2D eigenvalue weighted by molar-refractivity contribution is -0.117. The van der Waals surface area contributed by atoms with Gasteiger partial charge < -0.3 is 34.7 Å². The monoisotopic (exact) mass is 655 g/mol. The molecular formula is C31H29ClF3N7O4. The third-order valence-electron chi connectivity index (χ3n) is 7.36. The number of allylic oxidation sites excluding steroid dienone is 2. The van der Waals surface area contributed by atoms with Crippen LogP contribution in [-0.2, 0) is 23.2 Å². The van der Waals surface area contributed by atoms with E-state index in [1.807, 2.05) is 30.3 Å². The Balaban J connectivity index is 1.18. The Hall–Kier alpha value is -4.66. The highest BCUT2D eigenvalue weighted by Crippen LogP contribution is 2.37. The molecule has 4 aromatic rings. The van der Waals surface area contributed by atoms with Gasteiger partial charge in [-0.15, -0.1) is 0 Å². The number of alkyl halides is 3. The van der Waals surface area contributed by atoms with Crippen LogP contribution in [0.2, 0.25) is 5.02 Å². The van der Waals surface area contributed by atoms with Crippen LogP contribution in [0.5, 0.6) is 11.5 Å². The van der Waals surface area contributed by atoms with E-state index in [0.717, 1.165) is 35.6 Å². The highest BCUT2D eigenvalue weighted by atomic mass is 35.5. The number of nitrogens with one attached hydrogen (secondary N) is 2. The van der Waals surface area contributed by atoms with E-state index in [0.29, 0.717) is 17.1 Å². The van der Waals surface area contributed by atoms with E-state index in [-0.39, 0.29) is 59.6 Å². The number of halogens is 4. The van der Waals surface area contributed by atoms with E-state index in [4.69, 9.17) is 21.1 Å². The van der Waals surface area contributed by atoms with E-state index < -0.39 is 18.0 Å². The second-order valence-corrected chi connectivity index (χ2v) is 11.2. The lowest BCUT2D eigenvalue weighted by Crippen LogP contribution is -2.40. The number of aliphatic hydroxyl groups is 1. The van der Waals surface area contributed by atoms with Crippen molar-refractivity contribution in [1.82, 2.24) is 24.4 Å². The molecule has 0 spiro atoms. The van der Waals surface area contributed by atoms with Gasteiger partial charge >= 0.3 is 6.18 Å². The summed E-state index contributed by atoms with van der Waals surface area (Å²) in [6, 6.07) is 12.5. The van der Waals surface area contributed by atoms with E-state index in [1.165, 1.54) is 17.0 Å². The number of aryl methyl sites for hydroxylation is 1. The number of ether oxygens (including phenoxy) is 2. The van der Waals surface area contributed by atoms with Gasteiger partial charge in [0.2, 0.25) is 11.9 Å². The van der Waals surface area contributed by atoms with Gasteiger partial charge in [0, 0.05) is 38.0 Å². The highest BCUT2D eigenvalue weighted by molar-refractivity contribution is 6.36. The van der Waals surface area contributed by atoms with Crippen LogP contribution in [0.1, 0.15) is 18.4 Å². The van der Waals surface area contributed by atoms with Gasteiger partial charge in [-0.05, 0) is 30.5 Å². The molecule has 6 rings (SSSR count). The van der Waals surface area contributed by atoms with Crippen molar-refractivity contribution in [3.63, 3.8) is 0 Å². The molecule has 1 aliphatic heterocycles. The van der Waals surface area contributed by atoms with Crippen LogP contribution in [0.4, 0.5) is 24.9 Å². The fraction of sp³-hybridized carbons (Fsp3) is 0.290. The minimum Gasteiger partial charge on any atom is -0.454 e. The summed E-state index contributed by atoms with van der Waals surface area (Å²) in [5.74, 6) is 0.842. The van der Waals surface area contributed by atoms with E-state index in [1.54, 1.807) is 19.2 Å². The molecule has 11 nitrogen and oxygen atoms in total. The number of hydrogen-bond acceptors (Lipinski definition) is 9. The van der Waals surface area contributed by atoms with Crippen LogP contribution in [0, 0.1) is 5.92 Å². The molecule has 1 amide bonds. The summed E-state index contributed by atoms with van der Waals surface area (Å²) in [4.78, 5) is 26.1. The normalized spacial score (nSPS) is 16.7. The van der Waals surface area contributed by atoms with Crippen molar-refractivity contribution in [1.29, 1.82) is 0 Å². The minimum atomic E-state index is -4.67. The van der Waals surface area contributed by atoms with Crippen molar-refractivity contribution >= 4 is 40.4 Å². The van der Waals surface area contributed by atoms with E-state index in [2.05, 4.69) is 25.6 Å². The first kappa shape index (κ1) is 31.3. The molecule has 4 heterocycles. The Morgan fingerprint density at radius 2 is 1.96 bits per heavy atom. The maximum Gasteiger partial charge on any atom is 0.417 e. The Bertz CT molecular complexity index is 1810. The molecule has 1 fully saturated rings. The van der Waals surface area contributed by atoms with Crippen molar-refractivity contribution in [2.45, 2.75) is 31.9 Å². The maximum absolute atomic E-state index is 13.8. The Morgan fingerprint density at radius 1 is 1.17 bits per heavy atom. The van der Waals surface area contributed by atoms with E-state index in [9.17, 15) is 23.1 Å². The number of fused-ring (bicyclic) bond motifs is 1. The molecule has 2 aliphatic rings. The molecule has 1 aromatic carbocycles. The third kappa shape index (κ3) is 7.09. The average Bonchev–Trinajstić information content (AvgIpc) is 3.83. The fourth-order valence-electron chi connectivity index (χ4n) is 4.75. The number of aromatic nitrogens is 4. The van der Waals surface area contributed by atoms with Crippen molar-refractivity contribution in [3.05, 3.63) is 89.0 Å². The standard InChI is InChI=1S/C31H29ClF3N7O4/c1-41-26-25(32)23(46-21-9-10-36-24(14-21)39-28(43)19-7-8-19)15-37-27(26)40-30(41)38-22-13-20(31(33,34)35)16-42(29(22)44)11-12-45-17-18-5-3-2-4-6-18/h2-6,9-10,13-16,19,29,44H,7-8,11-12,17H2,1H3,(H,36,39,43)(H,37,38,40). The van der Waals surface area contributed by atoms with Crippen molar-refractivity contribution < 1.29 is 32.5 Å². The number of rotatable bonds is 11. The summed E-state index contributed by atoms with van der Waals surface area (Å²) in [7, 11) is 1.60. The molecule has 46 heavy (non-hydrogen) atoms. The number of carbonyl (C=O) groups excluding carboxylic acids is 1. The zero-order chi connectivity index (χ0) is 32.4. The van der Waals surface area contributed by atoms with E-state index >= 15 is 0 Å². The van der Waals surface area contributed by atoms with Crippen molar-refractivity contribution in [2.24, 2.45) is 13.0 Å². The molecular weight excluding hydrogens is 627 g/mol. The summed E-state index contributed by atoms with van der Waals surface area (Å²) in [6.07, 6.45) is 0.115. The van der Waals surface area contributed by atoms with Crippen LogP contribution in [0.3, 0.4) is 0 Å². The van der Waals surface area contributed by atoms with Gasteiger partial charge in [0.25, 0.3) is 0 Å². The SMILES string of the molecule is Cn1c(NC2=CC(C(F)(F)F)=CN(CCOCc3ccccc3)C2O)nc2ncc(Oc3ccnc(NC(=O)C4CC4)c3)c(Cl)c21. The lowest BCUT2D eigenvalue weighted by Gasteiger charge is -2.33. The number of amides is 1. The van der Waals surface area contributed by atoms with Crippen molar-refractivity contribution in [2.75, 3.05) is 23.8 Å². The number of benzene rings is 1. The Labute approximate surface area is 266 Å². The molecule has 1 unspecified atom stereocenters. The zero-order valence-electron chi connectivity index (χ0n) is 24.5. The van der Waals surface area contributed by atoms with Gasteiger partial charge in [-0.3, -0.25) is 4.79 Å². The summed E-state index contributed by atoms with van der Waals surface area (Å²) in [5, 5.41) is 16.7. The Kier molecular flexibility index (Phi) is 8.84. The molecule has 240 valence electrons. The van der Waals surface area contributed by atoms with Crippen molar-refractivity contribution in [3.8, 4) is 11.5 Å². The number of pyridine rings is 2. The molecule has 1 atom stereocenters. The van der Waals surface area contributed by atoms with Gasteiger partial charge in [-0.25, -0.2) is 9.97 Å². The Morgan fingerprint density at radius 3 is 2.70 bits per heavy atom. The molecule has 0 saturated heterocycles. The summed E-state index contributed by atoms with van der Waals surface area (Å²) >= 11 is 6.69. The van der Waals surface area contributed by atoms with Gasteiger partial charge in [0.1, 0.15) is 22.1 Å². The molecule has 0 bridgehead atoms. The average molecular weight is 656 g/mol. The second kappa shape index (κ2) is 13.0. The fourth-order valence-corrected chi connectivity index (χ4v) is 5.05. The summed E-state index contributed by atoms with van der Waals surface area (Å²) < 4.78 is 54.6. The molecule has 3 aromatic heterocycles. The first-order chi connectivity index (χ1) is 22.1. The largest absolute Gasteiger partial charge is 0.454 e. The van der Waals surface area contributed by atoms with Gasteiger partial charge in [0.05, 0.1) is 30.7 Å². The predicted molar refractivity (Wildman–Crippen MR) is 164 cm³/mol. The number of anilines is 2. The smallest absolute Gasteiger partial charge is 0.417 e. The number of carbonyl (C=O) groups is 1. The molecule has 0 radical (unpaired) electrons. The molecule has 1 aliphatic carbocycles. The number of aliphatic hydroxyl groups excluding tert-OH is 1. The van der Waals surface area contributed by atoms with Gasteiger partial charge in [-0.1, -0.05) is 41.9 Å². The zero-order valence-corrected chi connectivity index (χ0v) is 25.2. The predicted octanol–water partition coefficient (Wildman–Crippen LogP) is 5.75. The minimum absolute atomic E-state index is 0.00338. The first-order valence-electron chi connectivity index (χ1n) is 14.4. The van der Waals surface area contributed by atoms with Crippen LogP contribution in [0.25, 0.3) is 11.2 Å². The molecule has 3 N–H and O–H groups in total. The van der Waals surface area contributed by atoms with Crippen LogP contribution >= 0.6 is 11.6 Å². The highest BCUT2D eigenvalue weighted by Gasteiger charge is 2.37. The number of imidazole rings is 1. The first-order valence-corrected chi connectivity index (χ1v) is 14.7. The molecule has 15 heteroatoms. The van der Waals surface area contributed by atoms with Crippen LogP contribution < -0.4 is 15.4 Å². The maximum atomic E-state index is 13.8. The summed E-state index contributed by atoms with van der Waals surface area (Å²) in [6.45, 7) is 0.339.